The second kappa shape index (κ2) is 12.2. The highest BCUT2D eigenvalue weighted by Crippen LogP contribution is 2.35. The van der Waals surface area contributed by atoms with E-state index in [0.717, 1.165) is 16.8 Å². The standard InChI is InChI=1S/C30H30ClFN6O2/c1-37-11-5-4-6-26(37)27-14-20(9-12-38(27)2)18-33-10-13-40-29-16-22-25(17-28(29)39-3)34-19-35-30(22)36-21-7-8-24(32)23(31)15-21/h4-9,11-12,14-17,19,33H,10,13,18H2,1-3H3,(H,34,35,36)/q+2. The van der Waals surface area contributed by atoms with E-state index in [1.165, 1.54) is 24.0 Å². The molecule has 5 aromatic rings. The third-order valence-electron chi connectivity index (χ3n) is 6.50. The molecule has 0 aliphatic rings. The van der Waals surface area contributed by atoms with Gasteiger partial charge in [-0.2, -0.15) is 9.13 Å². The van der Waals surface area contributed by atoms with Crippen LogP contribution in [0.25, 0.3) is 22.3 Å². The smallest absolute Gasteiger partial charge is 0.277 e. The molecule has 0 spiro atoms. The predicted octanol–water partition coefficient (Wildman–Crippen LogP) is 4.66. The van der Waals surface area contributed by atoms with Gasteiger partial charge in [0.25, 0.3) is 11.4 Å². The van der Waals surface area contributed by atoms with Crippen LogP contribution >= 0.6 is 11.6 Å². The number of hydrogen-bond donors (Lipinski definition) is 2. The molecule has 3 aromatic heterocycles. The largest absolute Gasteiger partial charge is 0.493 e. The van der Waals surface area contributed by atoms with E-state index < -0.39 is 5.82 Å². The highest BCUT2D eigenvalue weighted by molar-refractivity contribution is 6.31. The first kappa shape index (κ1) is 27.2. The van der Waals surface area contributed by atoms with E-state index in [-0.39, 0.29) is 5.02 Å². The summed E-state index contributed by atoms with van der Waals surface area (Å²) >= 11 is 5.94. The lowest BCUT2D eigenvalue weighted by atomic mass is 10.1. The number of nitrogens with zero attached hydrogens (tertiary/aromatic N) is 4. The van der Waals surface area contributed by atoms with Crippen LogP contribution in [0.15, 0.2) is 79.4 Å². The number of rotatable bonds is 10. The fourth-order valence-corrected chi connectivity index (χ4v) is 4.56. The van der Waals surface area contributed by atoms with Crippen LogP contribution < -0.4 is 29.2 Å². The van der Waals surface area contributed by atoms with Crippen LogP contribution in [0.1, 0.15) is 5.56 Å². The van der Waals surface area contributed by atoms with E-state index in [1.807, 2.05) is 38.5 Å². The molecule has 0 aliphatic heterocycles. The van der Waals surface area contributed by atoms with Gasteiger partial charge in [0.1, 0.15) is 38.7 Å². The van der Waals surface area contributed by atoms with Gasteiger partial charge in [0, 0.05) is 54.5 Å². The molecule has 0 unspecified atom stereocenters. The summed E-state index contributed by atoms with van der Waals surface area (Å²) in [4.78, 5) is 8.72. The van der Waals surface area contributed by atoms with Gasteiger partial charge in [0.2, 0.25) is 0 Å². The average molecular weight is 561 g/mol. The topological polar surface area (TPSA) is 76.1 Å². The van der Waals surface area contributed by atoms with E-state index in [0.29, 0.717) is 48.2 Å². The summed E-state index contributed by atoms with van der Waals surface area (Å²) in [6.07, 6.45) is 5.57. The van der Waals surface area contributed by atoms with E-state index in [4.69, 9.17) is 21.1 Å². The van der Waals surface area contributed by atoms with Crippen LogP contribution in [0.2, 0.25) is 5.02 Å². The van der Waals surface area contributed by atoms with Crippen LogP contribution in [0.4, 0.5) is 15.9 Å². The van der Waals surface area contributed by atoms with Crippen molar-refractivity contribution in [2.75, 3.05) is 25.6 Å². The van der Waals surface area contributed by atoms with Gasteiger partial charge >= 0.3 is 0 Å². The number of aryl methyl sites for hydroxylation is 2. The zero-order chi connectivity index (χ0) is 28.1. The Morgan fingerprint density at radius 2 is 1.77 bits per heavy atom. The Hall–Kier alpha value is -4.34. The predicted molar refractivity (Wildman–Crippen MR) is 152 cm³/mol. The van der Waals surface area contributed by atoms with Crippen molar-refractivity contribution in [3.8, 4) is 22.9 Å². The van der Waals surface area contributed by atoms with Crippen LogP contribution in [0.5, 0.6) is 11.5 Å². The zero-order valence-electron chi connectivity index (χ0n) is 22.5. The van der Waals surface area contributed by atoms with Gasteiger partial charge in [-0.25, -0.2) is 14.4 Å². The number of halogens is 2. The van der Waals surface area contributed by atoms with Crippen LogP contribution in [0, 0.1) is 5.82 Å². The quantitative estimate of drug-likeness (QED) is 0.191. The van der Waals surface area contributed by atoms with Crippen molar-refractivity contribution in [3.63, 3.8) is 0 Å². The van der Waals surface area contributed by atoms with Crippen molar-refractivity contribution in [2.24, 2.45) is 14.1 Å². The van der Waals surface area contributed by atoms with Crippen molar-refractivity contribution >= 4 is 34.0 Å². The Labute approximate surface area is 237 Å². The molecule has 40 heavy (non-hydrogen) atoms. The van der Waals surface area contributed by atoms with Gasteiger partial charge in [0.05, 0.1) is 17.6 Å². The highest BCUT2D eigenvalue weighted by Gasteiger charge is 2.19. The number of pyridine rings is 2. The first-order valence-electron chi connectivity index (χ1n) is 12.7. The fourth-order valence-electron chi connectivity index (χ4n) is 4.38. The molecule has 0 aliphatic carbocycles. The van der Waals surface area contributed by atoms with Crippen molar-refractivity contribution in [2.45, 2.75) is 6.54 Å². The monoisotopic (exact) mass is 560 g/mol. The molecule has 5 rings (SSSR count). The molecule has 3 heterocycles. The van der Waals surface area contributed by atoms with E-state index in [2.05, 4.69) is 54.1 Å². The summed E-state index contributed by atoms with van der Waals surface area (Å²) in [5.74, 6) is 1.19. The molecule has 204 valence electrons. The number of nitrogens with one attached hydrogen (secondary N) is 2. The Morgan fingerprint density at radius 3 is 2.58 bits per heavy atom. The summed E-state index contributed by atoms with van der Waals surface area (Å²) in [6, 6.07) is 18.5. The first-order valence-corrected chi connectivity index (χ1v) is 13.1. The van der Waals surface area contributed by atoms with Gasteiger partial charge in [-0.3, -0.25) is 0 Å². The molecule has 0 atom stereocenters. The third-order valence-corrected chi connectivity index (χ3v) is 6.79. The normalized spacial score (nSPS) is 11.0. The molecule has 0 saturated carbocycles. The average Bonchev–Trinajstić information content (AvgIpc) is 2.96. The molecule has 0 amide bonds. The number of aromatic nitrogens is 4. The summed E-state index contributed by atoms with van der Waals surface area (Å²) in [7, 11) is 5.68. The minimum atomic E-state index is -0.485. The second-order valence-electron chi connectivity index (χ2n) is 9.25. The van der Waals surface area contributed by atoms with Gasteiger partial charge in [-0.1, -0.05) is 11.6 Å². The van der Waals surface area contributed by atoms with E-state index in [9.17, 15) is 4.39 Å². The van der Waals surface area contributed by atoms with Crippen molar-refractivity contribution in [1.29, 1.82) is 0 Å². The molecule has 8 nitrogen and oxygen atoms in total. The van der Waals surface area contributed by atoms with Crippen molar-refractivity contribution in [1.82, 2.24) is 15.3 Å². The number of ether oxygens (including phenoxy) is 2. The Kier molecular flexibility index (Phi) is 8.33. The number of anilines is 2. The van der Waals surface area contributed by atoms with Gasteiger partial charge in [0.15, 0.2) is 23.9 Å². The minimum absolute atomic E-state index is 0.0243. The lowest BCUT2D eigenvalue weighted by Crippen LogP contribution is -2.38. The number of fused-ring (bicyclic) bond motifs is 1. The summed E-state index contributed by atoms with van der Waals surface area (Å²) in [5, 5.41) is 7.39. The molecule has 2 N–H and O–H groups in total. The summed E-state index contributed by atoms with van der Waals surface area (Å²) in [6.45, 7) is 1.75. The Balaban J connectivity index is 1.25. The number of methoxy groups -OCH3 is 1. The molecular formula is C30H30ClFN6O2+2. The van der Waals surface area contributed by atoms with Crippen LogP contribution in [0.3, 0.4) is 0 Å². The minimum Gasteiger partial charge on any atom is -0.493 e. The van der Waals surface area contributed by atoms with E-state index in [1.54, 1.807) is 19.2 Å². The molecule has 10 heteroatoms. The van der Waals surface area contributed by atoms with Gasteiger partial charge in [-0.15, -0.1) is 0 Å². The fraction of sp³-hybridized carbons (Fsp3) is 0.200. The lowest BCUT2D eigenvalue weighted by molar-refractivity contribution is -0.690. The molecule has 0 radical (unpaired) electrons. The highest BCUT2D eigenvalue weighted by atomic mass is 35.5. The molecule has 0 bridgehead atoms. The molecule has 2 aromatic carbocycles. The number of hydrogen-bond acceptors (Lipinski definition) is 6. The Morgan fingerprint density at radius 1 is 0.925 bits per heavy atom. The Bertz CT molecular complexity index is 1670. The molecule has 0 fully saturated rings. The lowest BCUT2D eigenvalue weighted by Gasteiger charge is -2.14. The first-order chi connectivity index (χ1) is 19.4. The maximum absolute atomic E-state index is 13.6. The zero-order valence-corrected chi connectivity index (χ0v) is 23.2. The maximum atomic E-state index is 13.6. The van der Waals surface area contributed by atoms with Gasteiger partial charge in [-0.05, 0) is 35.9 Å². The van der Waals surface area contributed by atoms with Crippen molar-refractivity contribution < 1.29 is 23.0 Å². The second-order valence-corrected chi connectivity index (χ2v) is 9.66. The number of benzene rings is 2. The van der Waals surface area contributed by atoms with Crippen LogP contribution in [-0.4, -0.2) is 30.2 Å². The molecular weight excluding hydrogens is 531 g/mol. The van der Waals surface area contributed by atoms with Gasteiger partial charge < -0.3 is 20.1 Å². The SMILES string of the molecule is COc1cc2ncnc(Nc3ccc(F)c(Cl)c3)c2cc1OCCNCc1cc[n+](C)c(-c2cccc[n+]2C)c1. The molecule has 0 saturated heterocycles. The summed E-state index contributed by atoms with van der Waals surface area (Å²) < 4.78 is 29.5. The maximum Gasteiger partial charge on any atom is 0.277 e. The third kappa shape index (κ3) is 6.11. The summed E-state index contributed by atoms with van der Waals surface area (Å²) in [5.41, 5.74) is 4.72. The van der Waals surface area contributed by atoms with Crippen molar-refractivity contribution in [3.05, 3.63) is 95.8 Å². The van der Waals surface area contributed by atoms with E-state index >= 15 is 0 Å². The van der Waals surface area contributed by atoms with Crippen LogP contribution in [-0.2, 0) is 20.6 Å².